The van der Waals surface area contributed by atoms with Gasteiger partial charge in [-0.05, 0) is 25.0 Å². The second-order valence-electron chi connectivity index (χ2n) is 4.63. The third-order valence-electron chi connectivity index (χ3n) is 3.17. The van der Waals surface area contributed by atoms with Crippen LogP contribution in [0.4, 0.5) is 0 Å². The first-order chi connectivity index (χ1) is 8.61. The number of hydrogen-bond acceptors (Lipinski definition) is 3. The molecule has 1 unspecified atom stereocenters. The van der Waals surface area contributed by atoms with Crippen LogP contribution in [0.1, 0.15) is 23.2 Å². The highest BCUT2D eigenvalue weighted by atomic mass is 16.2. The molecule has 2 rings (SSSR count). The average molecular weight is 247 g/mol. The molecule has 0 saturated carbocycles. The molecule has 1 aliphatic rings. The summed E-state index contributed by atoms with van der Waals surface area (Å²) in [6.07, 6.45) is 4.80. The summed E-state index contributed by atoms with van der Waals surface area (Å²) in [4.78, 5) is 31.4. The molecule has 2 amide bonds. The van der Waals surface area contributed by atoms with Crippen LogP contribution in [0.15, 0.2) is 24.5 Å². The lowest BCUT2D eigenvalue weighted by molar-refractivity contribution is -0.132. The largest absolute Gasteiger partial charge is 0.347 e. The molecule has 18 heavy (non-hydrogen) atoms. The number of aromatic nitrogens is 1. The van der Waals surface area contributed by atoms with Crippen molar-refractivity contribution in [3.05, 3.63) is 30.1 Å². The fraction of sp³-hybridized carbons (Fsp3) is 0.462. The van der Waals surface area contributed by atoms with Gasteiger partial charge in [0.2, 0.25) is 5.91 Å². The minimum atomic E-state index is -0.319. The van der Waals surface area contributed by atoms with Crippen molar-refractivity contribution in [1.29, 1.82) is 0 Å². The van der Waals surface area contributed by atoms with Crippen LogP contribution >= 0.6 is 0 Å². The van der Waals surface area contributed by atoms with Crippen LogP contribution in [0, 0.1) is 0 Å². The SMILES string of the molecule is CN(C)C(=O)C1CCCN1C(=O)c1ccncc1. The van der Waals surface area contributed by atoms with Crippen molar-refractivity contribution >= 4 is 11.8 Å². The Labute approximate surface area is 106 Å². The number of amides is 2. The fourth-order valence-electron chi connectivity index (χ4n) is 2.22. The topological polar surface area (TPSA) is 53.5 Å². The van der Waals surface area contributed by atoms with Gasteiger partial charge in [0.1, 0.15) is 6.04 Å². The summed E-state index contributed by atoms with van der Waals surface area (Å²) in [5.74, 6) is -0.0926. The Bertz CT molecular complexity index is 445. The van der Waals surface area contributed by atoms with E-state index in [2.05, 4.69) is 4.98 Å². The smallest absolute Gasteiger partial charge is 0.254 e. The van der Waals surface area contributed by atoms with Gasteiger partial charge in [0.25, 0.3) is 5.91 Å². The lowest BCUT2D eigenvalue weighted by Crippen LogP contribution is -2.45. The number of likely N-dealkylation sites (tertiary alicyclic amines) is 1. The van der Waals surface area contributed by atoms with E-state index in [-0.39, 0.29) is 17.9 Å². The van der Waals surface area contributed by atoms with E-state index < -0.39 is 0 Å². The molecule has 96 valence electrons. The van der Waals surface area contributed by atoms with Crippen molar-refractivity contribution in [2.24, 2.45) is 0 Å². The van der Waals surface area contributed by atoms with Crippen LogP contribution in [0.5, 0.6) is 0 Å². The Balaban J connectivity index is 2.17. The van der Waals surface area contributed by atoms with Gasteiger partial charge < -0.3 is 9.80 Å². The molecule has 0 aliphatic carbocycles. The molecule has 0 aromatic carbocycles. The van der Waals surface area contributed by atoms with Gasteiger partial charge in [0, 0.05) is 38.6 Å². The first kappa shape index (κ1) is 12.5. The molecule has 0 spiro atoms. The summed E-state index contributed by atoms with van der Waals surface area (Å²) in [5.41, 5.74) is 0.587. The third kappa shape index (κ3) is 2.34. The van der Waals surface area contributed by atoms with Crippen molar-refractivity contribution in [2.45, 2.75) is 18.9 Å². The number of rotatable bonds is 2. The van der Waals surface area contributed by atoms with Gasteiger partial charge in [0.15, 0.2) is 0 Å². The molecular weight excluding hydrogens is 230 g/mol. The maximum atomic E-state index is 12.3. The second-order valence-corrected chi connectivity index (χ2v) is 4.63. The zero-order valence-electron chi connectivity index (χ0n) is 10.7. The number of carbonyl (C=O) groups is 2. The van der Waals surface area contributed by atoms with Crippen LogP contribution in [0.2, 0.25) is 0 Å². The maximum Gasteiger partial charge on any atom is 0.254 e. The van der Waals surface area contributed by atoms with Crippen molar-refractivity contribution in [2.75, 3.05) is 20.6 Å². The van der Waals surface area contributed by atoms with Gasteiger partial charge in [-0.1, -0.05) is 0 Å². The molecule has 1 saturated heterocycles. The van der Waals surface area contributed by atoms with E-state index in [1.54, 1.807) is 48.4 Å². The minimum absolute atomic E-state index is 0.00472. The highest BCUT2D eigenvalue weighted by Gasteiger charge is 2.35. The van der Waals surface area contributed by atoms with Gasteiger partial charge >= 0.3 is 0 Å². The first-order valence-electron chi connectivity index (χ1n) is 6.03. The van der Waals surface area contributed by atoms with E-state index in [9.17, 15) is 9.59 Å². The zero-order valence-corrected chi connectivity index (χ0v) is 10.7. The Morgan fingerprint density at radius 3 is 2.61 bits per heavy atom. The summed E-state index contributed by atoms with van der Waals surface area (Å²) in [7, 11) is 3.44. The summed E-state index contributed by atoms with van der Waals surface area (Å²) in [6, 6.07) is 3.04. The van der Waals surface area contributed by atoms with E-state index in [0.29, 0.717) is 12.1 Å². The van der Waals surface area contributed by atoms with Crippen LogP contribution in [0.3, 0.4) is 0 Å². The van der Waals surface area contributed by atoms with Crippen LogP contribution in [0.25, 0.3) is 0 Å². The van der Waals surface area contributed by atoms with Crippen LogP contribution < -0.4 is 0 Å². The van der Waals surface area contributed by atoms with E-state index in [1.807, 2.05) is 0 Å². The lowest BCUT2D eigenvalue weighted by Gasteiger charge is -2.26. The predicted octanol–water partition coefficient (Wildman–Crippen LogP) is 0.774. The van der Waals surface area contributed by atoms with Gasteiger partial charge in [-0.3, -0.25) is 14.6 Å². The highest BCUT2D eigenvalue weighted by molar-refractivity contribution is 5.97. The maximum absolute atomic E-state index is 12.3. The summed E-state index contributed by atoms with van der Waals surface area (Å²) < 4.78 is 0. The molecule has 1 fully saturated rings. The molecule has 5 nitrogen and oxygen atoms in total. The normalized spacial score (nSPS) is 18.8. The standard InChI is InChI=1S/C13H17N3O2/c1-15(2)13(18)11-4-3-9-16(11)12(17)10-5-7-14-8-6-10/h5-8,11H,3-4,9H2,1-2H3. The van der Waals surface area contributed by atoms with Gasteiger partial charge in [-0.15, -0.1) is 0 Å². The second kappa shape index (κ2) is 5.16. The third-order valence-corrected chi connectivity index (χ3v) is 3.17. The van der Waals surface area contributed by atoms with E-state index in [0.717, 1.165) is 12.8 Å². The van der Waals surface area contributed by atoms with Crippen LogP contribution in [-0.2, 0) is 4.79 Å². The van der Waals surface area contributed by atoms with Crippen molar-refractivity contribution in [3.63, 3.8) is 0 Å². The van der Waals surface area contributed by atoms with Gasteiger partial charge in [-0.25, -0.2) is 0 Å². The number of likely N-dealkylation sites (N-methyl/N-ethyl adjacent to an activating group) is 1. The van der Waals surface area contributed by atoms with Crippen LogP contribution in [-0.4, -0.2) is 53.3 Å². The van der Waals surface area contributed by atoms with Crippen molar-refractivity contribution < 1.29 is 9.59 Å². The molecule has 0 bridgehead atoms. The van der Waals surface area contributed by atoms with Gasteiger partial charge in [-0.2, -0.15) is 0 Å². The minimum Gasteiger partial charge on any atom is -0.347 e. The molecule has 1 aliphatic heterocycles. The molecular formula is C13H17N3O2. The van der Waals surface area contributed by atoms with E-state index in [4.69, 9.17) is 0 Å². The average Bonchev–Trinajstić information content (AvgIpc) is 2.87. The molecule has 0 N–H and O–H groups in total. The Morgan fingerprint density at radius 2 is 2.00 bits per heavy atom. The molecule has 2 heterocycles. The quantitative estimate of drug-likeness (QED) is 0.776. The lowest BCUT2D eigenvalue weighted by atomic mass is 10.1. The fourth-order valence-corrected chi connectivity index (χ4v) is 2.22. The number of nitrogens with zero attached hydrogens (tertiary/aromatic N) is 3. The summed E-state index contributed by atoms with van der Waals surface area (Å²) >= 11 is 0. The monoisotopic (exact) mass is 247 g/mol. The number of carbonyl (C=O) groups excluding carboxylic acids is 2. The molecule has 5 heteroatoms. The van der Waals surface area contributed by atoms with E-state index in [1.165, 1.54) is 0 Å². The zero-order chi connectivity index (χ0) is 13.1. The first-order valence-corrected chi connectivity index (χ1v) is 6.03. The molecule has 1 aromatic rings. The van der Waals surface area contributed by atoms with Crippen molar-refractivity contribution in [1.82, 2.24) is 14.8 Å². The van der Waals surface area contributed by atoms with Crippen molar-refractivity contribution in [3.8, 4) is 0 Å². The predicted molar refractivity (Wildman–Crippen MR) is 67.0 cm³/mol. The van der Waals surface area contributed by atoms with E-state index >= 15 is 0 Å². The Hall–Kier alpha value is -1.91. The highest BCUT2D eigenvalue weighted by Crippen LogP contribution is 2.21. The number of pyridine rings is 1. The molecule has 1 aromatic heterocycles. The Morgan fingerprint density at radius 1 is 1.33 bits per heavy atom. The Kier molecular flexibility index (Phi) is 3.60. The number of hydrogen-bond donors (Lipinski definition) is 0. The summed E-state index contributed by atoms with van der Waals surface area (Å²) in [6.45, 7) is 0.644. The van der Waals surface area contributed by atoms with Gasteiger partial charge in [0.05, 0.1) is 0 Å². The molecule has 0 radical (unpaired) electrons. The summed E-state index contributed by atoms with van der Waals surface area (Å²) in [5, 5.41) is 0. The molecule has 1 atom stereocenters.